The quantitative estimate of drug-likeness (QED) is 0.284. The number of hydrogen-bond donors (Lipinski definition) is 1. The first kappa shape index (κ1) is 25.6. The maximum Gasteiger partial charge on any atom is 0.222 e. The van der Waals surface area contributed by atoms with Crippen molar-refractivity contribution in [3.63, 3.8) is 0 Å². The Hall–Kier alpha value is -2.97. The van der Waals surface area contributed by atoms with Gasteiger partial charge in [0.15, 0.2) is 0 Å². The van der Waals surface area contributed by atoms with Crippen LogP contribution in [0.25, 0.3) is 11.3 Å². The summed E-state index contributed by atoms with van der Waals surface area (Å²) in [5.41, 5.74) is 3.98. The molecule has 3 rings (SSSR count). The highest BCUT2D eigenvalue weighted by atomic mass is 16.5. The van der Waals surface area contributed by atoms with Gasteiger partial charge in [-0.1, -0.05) is 54.1 Å². The molecule has 0 radical (unpaired) electrons. The van der Waals surface area contributed by atoms with E-state index >= 15 is 0 Å². The van der Waals surface area contributed by atoms with Crippen LogP contribution in [0.4, 0.5) is 0 Å². The number of hydrogen-bond acceptors (Lipinski definition) is 6. The number of aromatic nitrogens is 2. The van der Waals surface area contributed by atoms with E-state index in [1.54, 1.807) is 17.9 Å². The molecule has 1 N–H and O–H groups in total. The lowest BCUT2D eigenvalue weighted by molar-refractivity contribution is 0.0193. The van der Waals surface area contributed by atoms with Crippen LogP contribution < -0.4 is 4.74 Å². The molecule has 0 bridgehead atoms. The number of benzene rings is 2. The van der Waals surface area contributed by atoms with Crippen molar-refractivity contribution in [1.29, 1.82) is 0 Å². The standard InChI is InChI=1S/C27H35N3O4/c1-5-16-33-20-23(31)18-30(15-17-32-4)19-25-26(22-9-7-6-8-10-22)28-29(3)27(25)34-24-13-11-21(2)12-14-24/h5-14,23,31H,1,15-20H2,2-4H3/t23-/m0/s1. The summed E-state index contributed by atoms with van der Waals surface area (Å²) in [6.45, 7) is 8.47. The minimum absolute atomic E-state index is 0.237. The molecular weight excluding hydrogens is 430 g/mol. The highest BCUT2D eigenvalue weighted by Gasteiger charge is 2.23. The molecule has 0 saturated carbocycles. The fraction of sp³-hybridized carbons (Fsp3) is 0.370. The molecule has 0 amide bonds. The first-order valence-electron chi connectivity index (χ1n) is 11.5. The zero-order valence-corrected chi connectivity index (χ0v) is 20.3. The zero-order valence-electron chi connectivity index (χ0n) is 20.3. The topological polar surface area (TPSA) is 69.0 Å². The van der Waals surface area contributed by atoms with Crippen LogP contribution in [-0.4, -0.2) is 65.9 Å². The van der Waals surface area contributed by atoms with E-state index in [1.165, 1.54) is 5.56 Å². The minimum Gasteiger partial charge on any atom is -0.439 e. The lowest BCUT2D eigenvalue weighted by Crippen LogP contribution is -2.36. The molecule has 7 heteroatoms. The van der Waals surface area contributed by atoms with E-state index in [0.29, 0.717) is 38.7 Å². The van der Waals surface area contributed by atoms with Gasteiger partial charge in [-0.15, -0.1) is 6.58 Å². The summed E-state index contributed by atoms with van der Waals surface area (Å²) in [5.74, 6) is 1.42. The zero-order chi connectivity index (χ0) is 24.3. The molecule has 0 aliphatic carbocycles. The molecule has 0 aliphatic rings. The summed E-state index contributed by atoms with van der Waals surface area (Å²) in [6.07, 6.45) is 1.03. The number of ether oxygens (including phenoxy) is 3. The van der Waals surface area contributed by atoms with Crippen LogP contribution in [0, 0.1) is 6.92 Å². The van der Waals surface area contributed by atoms with Gasteiger partial charge in [-0.25, -0.2) is 4.68 Å². The van der Waals surface area contributed by atoms with Crippen molar-refractivity contribution >= 4 is 0 Å². The maximum atomic E-state index is 10.6. The molecule has 0 aliphatic heterocycles. The van der Waals surface area contributed by atoms with Gasteiger partial charge in [-0.3, -0.25) is 4.90 Å². The SMILES string of the molecule is C=CCOC[C@@H](O)CN(CCOC)Cc1c(-c2ccccc2)nn(C)c1Oc1ccc(C)cc1. The van der Waals surface area contributed by atoms with Crippen LogP contribution in [0.2, 0.25) is 0 Å². The van der Waals surface area contributed by atoms with E-state index in [9.17, 15) is 5.11 Å². The van der Waals surface area contributed by atoms with E-state index < -0.39 is 6.10 Å². The Kier molecular flexibility index (Phi) is 9.85. The minimum atomic E-state index is -0.643. The predicted molar refractivity (Wildman–Crippen MR) is 134 cm³/mol. The fourth-order valence-corrected chi connectivity index (χ4v) is 3.69. The summed E-state index contributed by atoms with van der Waals surface area (Å²) < 4.78 is 18.9. The number of nitrogens with zero attached hydrogens (tertiary/aromatic N) is 3. The van der Waals surface area contributed by atoms with Crippen molar-refractivity contribution in [2.45, 2.75) is 19.6 Å². The summed E-state index contributed by atoms with van der Waals surface area (Å²) in [5, 5.41) is 15.4. The van der Waals surface area contributed by atoms with Crippen molar-refractivity contribution in [3.05, 3.63) is 78.4 Å². The second-order valence-electron chi connectivity index (χ2n) is 8.24. The van der Waals surface area contributed by atoms with Gasteiger partial charge in [0.1, 0.15) is 11.4 Å². The van der Waals surface area contributed by atoms with E-state index in [1.807, 2.05) is 68.6 Å². The van der Waals surface area contributed by atoms with Crippen molar-refractivity contribution in [1.82, 2.24) is 14.7 Å². The van der Waals surface area contributed by atoms with Crippen LogP contribution >= 0.6 is 0 Å². The molecular formula is C27H35N3O4. The third kappa shape index (κ3) is 7.27. The van der Waals surface area contributed by atoms with Gasteiger partial charge in [0.2, 0.25) is 5.88 Å². The van der Waals surface area contributed by atoms with Crippen LogP contribution in [0.1, 0.15) is 11.1 Å². The van der Waals surface area contributed by atoms with E-state index in [2.05, 4.69) is 11.5 Å². The Labute approximate surface area is 202 Å². The van der Waals surface area contributed by atoms with Crippen LogP contribution in [0.3, 0.4) is 0 Å². The summed E-state index contributed by atoms with van der Waals surface area (Å²) in [7, 11) is 3.56. The maximum absolute atomic E-state index is 10.6. The van der Waals surface area contributed by atoms with Crippen LogP contribution in [0.15, 0.2) is 67.3 Å². The van der Waals surface area contributed by atoms with Gasteiger partial charge < -0.3 is 19.3 Å². The Morgan fingerprint density at radius 2 is 1.88 bits per heavy atom. The third-order valence-electron chi connectivity index (χ3n) is 5.38. The number of methoxy groups -OCH3 is 1. The fourth-order valence-electron chi connectivity index (χ4n) is 3.69. The second-order valence-corrected chi connectivity index (χ2v) is 8.24. The highest BCUT2D eigenvalue weighted by Crippen LogP contribution is 2.34. The highest BCUT2D eigenvalue weighted by molar-refractivity contribution is 5.65. The molecule has 1 heterocycles. The summed E-state index contributed by atoms with van der Waals surface area (Å²) in [6, 6.07) is 18.0. The number of aliphatic hydroxyl groups excluding tert-OH is 1. The lowest BCUT2D eigenvalue weighted by atomic mass is 10.1. The van der Waals surface area contributed by atoms with Gasteiger partial charge in [-0.2, -0.15) is 5.10 Å². The van der Waals surface area contributed by atoms with Crippen LogP contribution in [0.5, 0.6) is 11.6 Å². The van der Waals surface area contributed by atoms with Crippen molar-refractivity contribution in [2.75, 3.05) is 40.0 Å². The molecule has 2 aromatic carbocycles. The van der Waals surface area contributed by atoms with E-state index in [4.69, 9.17) is 19.3 Å². The first-order valence-corrected chi connectivity index (χ1v) is 11.5. The van der Waals surface area contributed by atoms with Gasteiger partial charge >= 0.3 is 0 Å². The van der Waals surface area contributed by atoms with Gasteiger partial charge in [0.25, 0.3) is 0 Å². The van der Waals surface area contributed by atoms with Crippen molar-refractivity contribution in [3.8, 4) is 22.9 Å². The number of aryl methyl sites for hydroxylation is 2. The Morgan fingerprint density at radius 3 is 2.56 bits per heavy atom. The Morgan fingerprint density at radius 1 is 1.15 bits per heavy atom. The largest absolute Gasteiger partial charge is 0.439 e. The normalized spacial score (nSPS) is 12.1. The molecule has 182 valence electrons. The molecule has 7 nitrogen and oxygen atoms in total. The lowest BCUT2D eigenvalue weighted by Gasteiger charge is -2.25. The van der Waals surface area contributed by atoms with Gasteiger partial charge in [-0.05, 0) is 19.1 Å². The number of aliphatic hydroxyl groups is 1. The smallest absolute Gasteiger partial charge is 0.222 e. The average Bonchev–Trinajstić information content (AvgIpc) is 3.14. The summed E-state index contributed by atoms with van der Waals surface area (Å²) in [4.78, 5) is 2.14. The molecule has 0 saturated heterocycles. The van der Waals surface area contributed by atoms with Crippen molar-refractivity contribution in [2.24, 2.45) is 7.05 Å². The third-order valence-corrected chi connectivity index (χ3v) is 5.38. The second kappa shape index (κ2) is 13.1. The molecule has 0 fully saturated rings. The molecule has 1 aromatic heterocycles. The van der Waals surface area contributed by atoms with Gasteiger partial charge in [0.05, 0.1) is 31.5 Å². The molecule has 34 heavy (non-hydrogen) atoms. The molecule has 1 atom stereocenters. The van der Waals surface area contributed by atoms with Crippen LogP contribution in [-0.2, 0) is 23.1 Å². The predicted octanol–water partition coefficient (Wildman–Crippen LogP) is 4.20. The molecule has 0 spiro atoms. The average molecular weight is 466 g/mol. The summed E-state index contributed by atoms with van der Waals surface area (Å²) >= 11 is 0. The van der Waals surface area contributed by atoms with E-state index in [0.717, 1.165) is 22.6 Å². The van der Waals surface area contributed by atoms with Gasteiger partial charge in [0, 0.05) is 39.4 Å². The van der Waals surface area contributed by atoms with E-state index in [-0.39, 0.29) is 6.61 Å². The Balaban J connectivity index is 1.92. The number of rotatable bonds is 14. The Bertz CT molecular complexity index is 1020. The monoisotopic (exact) mass is 465 g/mol. The molecule has 0 unspecified atom stereocenters. The first-order chi connectivity index (χ1) is 16.5. The molecule has 3 aromatic rings. The van der Waals surface area contributed by atoms with Crippen molar-refractivity contribution < 1.29 is 19.3 Å².